The van der Waals surface area contributed by atoms with Gasteiger partial charge in [-0.3, -0.25) is 10.1 Å². The highest BCUT2D eigenvalue weighted by atomic mass is 32.1. The molecule has 1 aromatic heterocycles. The molecule has 6 nitrogen and oxygen atoms in total. The SMILES string of the molecule is CC(C)CNc1nc(-c2ccccc2[N+](=O)[O-])ns1. The van der Waals surface area contributed by atoms with E-state index < -0.39 is 4.92 Å². The van der Waals surface area contributed by atoms with Crippen LogP contribution in [0, 0.1) is 16.0 Å². The van der Waals surface area contributed by atoms with Crippen LogP contribution >= 0.6 is 11.5 Å². The van der Waals surface area contributed by atoms with Gasteiger partial charge in [-0.15, -0.1) is 0 Å². The first-order valence-electron chi connectivity index (χ1n) is 5.89. The number of aromatic nitrogens is 2. The Morgan fingerprint density at radius 1 is 1.42 bits per heavy atom. The van der Waals surface area contributed by atoms with E-state index in [2.05, 4.69) is 28.5 Å². The Morgan fingerprint density at radius 3 is 2.84 bits per heavy atom. The van der Waals surface area contributed by atoms with E-state index in [1.54, 1.807) is 18.2 Å². The molecule has 0 saturated heterocycles. The van der Waals surface area contributed by atoms with E-state index >= 15 is 0 Å². The van der Waals surface area contributed by atoms with Crippen LogP contribution in [-0.2, 0) is 0 Å². The number of nitrogens with one attached hydrogen (secondary N) is 1. The van der Waals surface area contributed by atoms with E-state index in [4.69, 9.17) is 0 Å². The van der Waals surface area contributed by atoms with Crippen LogP contribution in [0.25, 0.3) is 11.4 Å². The highest BCUT2D eigenvalue weighted by Gasteiger charge is 2.18. The van der Waals surface area contributed by atoms with Gasteiger partial charge in [-0.05, 0) is 12.0 Å². The third kappa shape index (κ3) is 3.25. The molecule has 2 rings (SSSR count). The number of hydrogen-bond acceptors (Lipinski definition) is 6. The average Bonchev–Trinajstić information content (AvgIpc) is 2.85. The lowest BCUT2D eigenvalue weighted by atomic mass is 10.2. The number of anilines is 1. The van der Waals surface area contributed by atoms with Crippen molar-refractivity contribution >= 4 is 22.4 Å². The molecule has 1 heterocycles. The minimum Gasteiger partial charge on any atom is -0.360 e. The summed E-state index contributed by atoms with van der Waals surface area (Å²) in [7, 11) is 0. The van der Waals surface area contributed by atoms with Gasteiger partial charge in [0.2, 0.25) is 5.13 Å². The van der Waals surface area contributed by atoms with Crippen molar-refractivity contribution in [3.8, 4) is 11.4 Å². The number of nitrogens with zero attached hydrogens (tertiary/aromatic N) is 3. The number of hydrogen-bond donors (Lipinski definition) is 1. The summed E-state index contributed by atoms with van der Waals surface area (Å²) >= 11 is 1.21. The molecular formula is C12H14N4O2S. The van der Waals surface area contributed by atoms with Gasteiger partial charge < -0.3 is 5.32 Å². The molecule has 19 heavy (non-hydrogen) atoms. The van der Waals surface area contributed by atoms with Crippen molar-refractivity contribution in [2.24, 2.45) is 5.92 Å². The van der Waals surface area contributed by atoms with Gasteiger partial charge in [0.05, 0.1) is 10.5 Å². The molecule has 0 atom stereocenters. The number of rotatable bonds is 5. The van der Waals surface area contributed by atoms with Crippen molar-refractivity contribution in [3.05, 3.63) is 34.4 Å². The molecule has 100 valence electrons. The fourth-order valence-corrected chi connectivity index (χ4v) is 2.11. The highest BCUT2D eigenvalue weighted by Crippen LogP contribution is 2.29. The lowest BCUT2D eigenvalue weighted by molar-refractivity contribution is -0.384. The number of nitro benzene ring substituents is 1. The third-order valence-corrected chi connectivity index (χ3v) is 3.10. The summed E-state index contributed by atoms with van der Waals surface area (Å²) in [5.74, 6) is 0.891. The van der Waals surface area contributed by atoms with Gasteiger partial charge >= 0.3 is 0 Å². The second-order valence-corrected chi connectivity index (χ2v) is 5.22. The minimum atomic E-state index is -0.419. The van der Waals surface area contributed by atoms with Crippen LogP contribution in [0.3, 0.4) is 0 Å². The van der Waals surface area contributed by atoms with Gasteiger partial charge in [0.1, 0.15) is 0 Å². The second-order valence-electron chi connectivity index (χ2n) is 4.47. The van der Waals surface area contributed by atoms with Crippen LogP contribution in [-0.4, -0.2) is 20.8 Å². The summed E-state index contributed by atoms with van der Waals surface area (Å²) in [6.07, 6.45) is 0. The molecule has 0 unspecified atom stereocenters. The van der Waals surface area contributed by atoms with Gasteiger partial charge in [0.25, 0.3) is 5.69 Å². The smallest absolute Gasteiger partial charge is 0.280 e. The maximum absolute atomic E-state index is 11.0. The van der Waals surface area contributed by atoms with Gasteiger partial charge in [-0.1, -0.05) is 26.0 Å². The molecular weight excluding hydrogens is 264 g/mol. The van der Waals surface area contributed by atoms with E-state index in [0.717, 1.165) is 6.54 Å². The predicted molar refractivity (Wildman–Crippen MR) is 75.3 cm³/mol. The highest BCUT2D eigenvalue weighted by molar-refractivity contribution is 7.09. The summed E-state index contributed by atoms with van der Waals surface area (Å²) < 4.78 is 4.17. The third-order valence-electron chi connectivity index (χ3n) is 2.43. The van der Waals surface area contributed by atoms with E-state index in [1.807, 2.05) is 0 Å². The average molecular weight is 278 g/mol. The monoisotopic (exact) mass is 278 g/mol. The molecule has 7 heteroatoms. The lowest BCUT2D eigenvalue weighted by Gasteiger charge is -2.03. The zero-order valence-electron chi connectivity index (χ0n) is 10.7. The molecule has 0 aliphatic heterocycles. The van der Waals surface area contributed by atoms with Crippen molar-refractivity contribution in [3.63, 3.8) is 0 Å². The number of nitro groups is 1. The largest absolute Gasteiger partial charge is 0.360 e. The summed E-state index contributed by atoms with van der Waals surface area (Å²) in [4.78, 5) is 14.8. The first-order valence-corrected chi connectivity index (χ1v) is 6.66. The van der Waals surface area contributed by atoms with Gasteiger partial charge in [0, 0.05) is 24.1 Å². The first kappa shape index (κ1) is 13.4. The predicted octanol–water partition coefficient (Wildman–Crippen LogP) is 3.18. The molecule has 0 radical (unpaired) electrons. The molecule has 0 saturated carbocycles. The van der Waals surface area contributed by atoms with Crippen molar-refractivity contribution in [1.29, 1.82) is 0 Å². The Bertz CT molecular complexity index is 583. The first-order chi connectivity index (χ1) is 9.08. The van der Waals surface area contributed by atoms with Gasteiger partial charge in [0.15, 0.2) is 5.82 Å². The van der Waals surface area contributed by atoms with Crippen molar-refractivity contribution in [1.82, 2.24) is 9.36 Å². The standard InChI is InChI=1S/C12H14N4O2S/c1-8(2)7-13-12-14-11(15-19-12)9-5-3-4-6-10(9)16(17)18/h3-6,8H,7H2,1-2H3,(H,13,14,15). The van der Waals surface area contributed by atoms with E-state index in [9.17, 15) is 10.1 Å². The van der Waals surface area contributed by atoms with E-state index in [1.165, 1.54) is 17.6 Å². The summed E-state index contributed by atoms with van der Waals surface area (Å²) in [5, 5.41) is 14.8. The molecule has 0 bridgehead atoms. The molecule has 0 amide bonds. The fourth-order valence-electron chi connectivity index (χ4n) is 1.52. The minimum absolute atomic E-state index is 0.0238. The van der Waals surface area contributed by atoms with Crippen LogP contribution in [0.4, 0.5) is 10.8 Å². The van der Waals surface area contributed by atoms with Crippen LogP contribution in [0.2, 0.25) is 0 Å². The zero-order valence-corrected chi connectivity index (χ0v) is 11.5. The van der Waals surface area contributed by atoms with Gasteiger partial charge in [-0.2, -0.15) is 9.36 Å². The van der Waals surface area contributed by atoms with Crippen LogP contribution in [0.15, 0.2) is 24.3 Å². The molecule has 0 fully saturated rings. The zero-order chi connectivity index (χ0) is 13.8. The Hall–Kier alpha value is -2.02. The topological polar surface area (TPSA) is 81.0 Å². The molecule has 1 N–H and O–H groups in total. The summed E-state index contributed by atoms with van der Waals surface area (Å²) in [6, 6.07) is 6.49. The van der Waals surface area contributed by atoms with E-state index in [0.29, 0.717) is 22.4 Å². The number of para-hydroxylation sites is 1. The summed E-state index contributed by atoms with van der Waals surface area (Å²) in [5.41, 5.74) is 0.469. The van der Waals surface area contributed by atoms with Crippen LogP contribution < -0.4 is 5.32 Å². The van der Waals surface area contributed by atoms with Crippen LogP contribution in [0.1, 0.15) is 13.8 Å². The normalized spacial score (nSPS) is 10.7. The molecule has 2 aromatic rings. The maximum atomic E-state index is 11.0. The van der Waals surface area contributed by atoms with Gasteiger partial charge in [-0.25, -0.2) is 0 Å². The van der Waals surface area contributed by atoms with Crippen molar-refractivity contribution in [2.75, 3.05) is 11.9 Å². The molecule has 1 aromatic carbocycles. The Balaban J connectivity index is 2.25. The lowest BCUT2D eigenvalue weighted by Crippen LogP contribution is -2.07. The molecule has 0 spiro atoms. The molecule has 0 aliphatic rings. The van der Waals surface area contributed by atoms with Crippen LogP contribution in [0.5, 0.6) is 0 Å². The van der Waals surface area contributed by atoms with E-state index in [-0.39, 0.29) is 5.69 Å². The fraction of sp³-hybridized carbons (Fsp3) is 0.333. The second kappa shape index (κ2) is 5.75. The Labute approximate surface area is 114 Å². The van der Waals surface area contributed by atoms with Crippen molar-refractivity contribution < 1.29 is 4.92 Å². The quantitative estimate of drug-likeness (QED) is 0.671. The molecule has 0 aliphatic carbocycles. The Kier molecular flexibility index (Phi) is 4.06. The summed E-state index contributed by atoms with van der Waals surface area (Å²) in [6.45, 7) is 4.99. The van der Waals surface area contributed by atoms with Crippen molar-refractivity contribution in [2.45, 2.75) is 13.8 Å². The number of benzene rings is 1. The maximum Gasteiger partial charge on any atom is 0.280 e. The Morgan fingerprint density at radius 2 is 2.16 bits per heavy atom.